The SMILES string of the molecule is C=C(C)C(=O)C1=NN(c2cc(Cl)ccc2Cl)C(=O)C1N. The molecule has 0 aliphatic carbocycles. The summed E-state index contributed by atoms with van der Waals surface area (Å²) in [5, 5.41) is 5.63. The lowest BCUT2D eigenvalue weighted by Crippen LogP contribution is -2.41. The van der Waals surface area contributed by atoms with E-state index in [2.05, 4.69) is 11.7 Å². The number of allylic oxidation sites excluding steroid dienone is 1. The topological polar surface area (TPSA) is 75.8 Å². The fourth-order valence-corrected chi connectivity index (χ4v) is 2.06. The molecular weight excluding hydrogens is 301 g/mol. The van der Waals surface area contributed by atoms with Gasteiger partial charge in [0.25, 0.3) is 5.91 Å². The van der Waals surface area contributed by atoms with Crippen molar-refractivity contribution >= 4 is 46.3 Å². The first-order valence-electron chi connectivity index (χ1n) is 5.66. The number of Topliss-reactive ketones (excluding diaryl/α,β-unsaturated/α-hetero) is 1. The number of halogens is 2. The molecule has 1 aliphatic heterocycles. The number of carbonyl (C=O) groups excluding carboxylic acids is 2. The Morgan fingerprint density at radius 3 is 2.70 bits per heavy atom. The Kier molecular flexibility index (Phi) is 3.94. The van der Waals surface area contributed by atoms with E-state index >= 15 is 0 Å². The van der Waals surface area contributed by atoms with Gasteiger partial charge < -0.3 is 5.73 Å². The molecule has 0 radical (unpaired) electrons. The molecule has 1 aromatic rings. The van der Waals surface area contributed by atoms with Gasteiger partial charge in [-0.3, -0.25) is 9.59 Å². The van der Waals surface area contributed by atoms with Gasteiger partial charge in [-0.2, -0.15) is 10.1 Å². The van der Waals surface area contributed by atoms with E-state index < -0.39 is 17.7 Å². The number of nitrogens with zero attached hydrogens (tertiary/aromatic N) is 2. The number of amides is 1. The minimum Gasteiger partial charge on any atom is -0.315 e. The van der Waals surface area contributed by atoms with Crippen molar-refractivity contribution in [2.24, 2.45) is 10.8 Å². The highest BCUT2D eigenvalue weighted by atomic mass is 35.5. The van der Waals surface area contributed by atoms with Crippen LogP contribution >= 0.6 is 23.2 Å². The number of hydrogen-bond donors (Lipinski definition) is 1. The highest BCUT2D eigenvalue weighted by Crippen LogP contribution is 2.31. The molecule has 1 amide bonds. The second-order valence-electron chi connectivity index (χ2n) is 4.32. The van der Waals surface area contributed by atoms with E-state index in [-0.39, 0.29) is 22.0 Å². The van der Waals surface area contributed by atoms with E-state index in [0.29, 0.717) is 5.02 Å². The lowest BCUT2D eigenvalue weighted by Gasteiger charge is -2.14. The summed E-state index contributed by atoms with van der Waals surface area (Å²) in [5.74, 6) is -0.995. The molecule has 7 heteroatoms. The Hall–Kier alpha value is -1.69. The molecule has 0 saturated heterocycles. The average molecular weight is 312 g/mol. The highest BCUT2D eigenvalue weighted by Gasteiger charge is 2.38. The summed E-state index contributed by atoms with van der Waals surface area (Å²) in [6, 6.07) is 3.46. The van der Waals surface area contributed by atoms with Crippen LogP contribution in [0.3, 0.4) is 0 Å². The first kappa shape index (κ1) is 14.7. The first-order valence-corrected chi connectivity index (χ1v) is 6.42. The van der Waals surface area contributed by atoms with Gasteiger partial charge in [0.05, 0.1) is 10.7 Å². The van der Waals surface area contributed by atoms with Crippen LogP contribution in [0.4, 0.5) is 5.69 Å². The monoisotopic (exact) mass is 311 g/mol. The van der Waals surface area contributed by atoms with Gasteiger partial charge in [0.2, 0.25) is 5.78 Å². The molecule has 104 valence electrons. The van der Waals surface area contributed by atoms with Gasteiger partial charge in [0, 0.05) is 5.02 Å². The van der Waals surface area contributed by atoms with Gasteiger partial charge in [-0.15, -0.1) is 0 Å². The summed E-state index contributed by atoms with van der Waals surface area (Å²) in [5.41, 5.74) is 6.20. The predicted octanol–water partition coefficient (Wildman–Crippen LogP) is 2.17. The van der Waals surface area contributed by atoms with Crippen LogP contribution in [-0.4, -0.2) is 23.4 Å². The van der Waals surface area contributed by atoms with Crippen LogP contribution in [0.1, 0.15) is 6.92 Å². The molecule has 1 aliphatic rings. The van der Waals surface area contributed by atoms with Crippen molar-refractivity contribution in [3.05, 3.63) is 40.4 Å². The standard InChI is InChI=1S/C13H11Cl2N3O2/c1-6(2)12(19)11-10(16)13(20)18(17-11)9-5-7(14)3-4-8(9)15/h3-5,10H,1,16H2,2H3. The maximum Gasteiger partial charge on any atom is 0.270 e. The summed E-state index contributed by atoms with van der Waals surface area (Å²) >= 11 is 11.9. The van der Waals surface area contributed by atoms with Crippen LogP contribution in [0.2, 0.25) is 10.0 Å². The molecule has 1 heterocycles. The van der Waals surface area contributed by atoms with Gasteiger partial charge in [-0.25, -0.2) is 0 Å². The van der Waals surface area contributed by atoms with E-state index in [4.69, 9.17) is 28.9 Å². The maximum absolute atomic E-state index is 12.1. The lowest BCUT2D eigenvalue weighted by atomic mass is 10.0. The maximum atomic E-state index is 12.1. The molecule has 5 nitrogen and oxygen atoms in total. The van der Waals surface area contributed by atoms with Crippen molar-refractivity contribution in [3.8, 4) is 0 Å². The molecule has 20 heavy (non-hydrogen) atoms. The second kappa shape index (κ2) is 5.36. The van der Waals surface area contributed by atoms with E-state index in [9.17, 15) is 9.59 Å². The van der Waals surface area contributed by atoms with Crippen LogP contribution < -0.4 is 10.7 Å². The fourth-order valence-electron chi connectivity index (χ4n) is 1.69. The molecular formula is C13H11Cl2N3O2. The molecule has 2 N–H and O–H groups in total. The third-order valence-electron chi connectivity index (χ3n) is 2.73. The second-order valence-corrected chi connectivity index (χ2v) is 5.16. The summed E-state index contributed by atoms with van der Waals surface area (Å²) in [4.78, 5) is 24.0. The van der Waals surface area contributed by atoms with Crippen molar-refractivity contribution in [1.82, 2.24) is 0 Å². The molecule has 0 aromatic heterocycles. The number of hydrogen-bond acceptors (Lipinski definition) is 4. The van der Waals surface area contributed by atoms with Crippen molar-refractivity contribution in [2.75, 3.05) is 5.01 Å². The number of anilines is 1. The van der Waals surface area contributed by atoms with Gasteiger partial charge in [0.15, 0.2) is 0 Å². The number of nitrogens with two attached hydrogens (primary N) is 1. The van der Waals surface area contributed by atoms with Crippen LogP contribution in [-0.2, 0) is 9.59 Å². The third kappa shape index (κ3) is 2.47. The summed E-state index contributed by atoms with van der Waals surface area (Å²) in [7, 11) is 0. The van der Waals surface area contributed by atoms with Crippen molar-refractivity contribution in [1.29, 1.82) is 0 Å². The fraction of sp³-hybridized carbons (Fsp3) is 0.154. The van der Waals surface area contributed by atoms with Crippen molar-refractivity contribution in [2.45, 2.75) is 13.0 Å². The zero-order valence-electron chi connectivity index (χ0n) is 10.6. The van der Waals surface area contributed by atoms with Gasteiger partial charge in [-0.1, -0.05) is 29.8 Å². The van der Waals surface area contributed by atoms with Crippen LogP contribution in [0.15, 0.2) is 35.5 Å². The Morgan fingerprint density at radius 1 is 1.45 bits per heavy atom. The number of rotatable bonds is 3. The van der Waals surface area contributed by atoms with Gasteiger partial charge in [0.1, 0.15) is 11.8 Å². The Labute approximate surface area is 125 Å². The first-order chi connectivity index (χ1) is 9.32. The Bertz CT molecular complexity index is 655. The minimum absolute atomic E-state index is 0.0569. The van der Waals surface area contributed by atoms with Crippen LogP contribution in [0.5, 0.6) is 0 Å². The summed E-state index contributed by atoms with van der Waals surface area (Å²) < 4.78 is 0. The Balaban J connectivity index is 2.48. The predicted molar refractivity (Wildman–Crippen MR) is 79.2 cm³/mol. The van der Waals surface area contributed by atoms with E-state index in [0.717, 1.165) is 5.01 Å². The van der Waals surface area contributed by atoms with E-state index in [1.807, 2.05) is 0 Å². The molecule has 1 aromatic carbocycles. The quantitative estimate of drug-likeness (QED) is 0.869. The number of benzene rings is 1. The highest BCUT2D eigenvalue weighted by molar-refractivity contribution is 6.52. The molecule has 1 atom stereocenters. The zero-order chi connectivity index (χ0) is 15.0. The largest absolute Gasteiger partial charge is 0.315 e. The van der Waals surface area contributed by atoms with E-state index in [1.54, 1.807) is 6.07 Å². The molecule has 0 fully saturated rings. The number of carbonyl (C=O) groups is 2. The molecule has 2 rings (SSSR count). The molecule has 0 bridgehead atoms. The van der Waals surface area contributed by atoms with Crippen LogP contribution in [0, 0.1) is 0 Å². The summed E-state index contributed by atoms with van der Waals surface area (Å²) in [6.07, 6.45) is 0. The average Bonchev–Trinajstić information content (AvgIpc) is 2.68. The Morgan fingerprint density at radius 2 is 2.10 bits per heavy atom. The van der Waals surface area contributed by atoms with Gasteiger partial charge >= 0.3 is 0 Å². The normalized spacial score (nSPS) is 18.2. The molecule has 0 saturated carbocycles. The summed E-state index contributed by atoms with van der Waals surface area (Å²) in [6.45, 7) is 5.05. The third-order valence-corrected chi connectivity index (χ3v) is 3.29. The number of ketones is 1. The molecule has 0 spiro atoms. The number of hydrazone groups is 1. The minimum atomic E-state index is -1.13. The zero-order valence-corrected chi connectivity index (χ0v) is 12.1. The van der Waals surface area contributed by atoms with Crippen LogP contribution in [0.25, 0.3) is 0 Å². The van der Waals surface area contributed by atoms with Gasteiger partial charge in [-0.05, 0) is 30.7 Å². The smallest absolute Gasteiger partial charge is 0.270 e. The van der Waals surface area contributed by atoms with E-state index in [1.165, 1.54) is 19.1 Å². The van der Waals surface area contributed by atoms with Crippen molar-refractivity contribution < 1.29 is 9.59 Å². The lowest BCUT2D eigenvalue weighted by molar-refractivity contribution is -0.118. The molecule has 1 unspecified atom stereocenters. The van der Waals surface area contributed by atoms with Crippen molar-refractivity contribution in [3.63, 3.8) is 0 Å².